The van der Waals surface area contributed by atoms with Crippen LogP contribution in [0.2, 0.25) is 0 Å². The van der Waals surface area contributed by atoms with Gasteiger partial charge in [-0.25, -0.2) is 14.6 Å². The number of nitrogens with zero attached hydrogens (tertiary/aromatic N) is 3. The zero-order chi connectivity index (χ0) is 42.4. The second kappa shape index (κ2) is 18.5. The topological polar surface area (TPSA) is 170 Å². The first-order chi connectivity index (χ1) is 27.3. The summed E-state index contributed by atoms with van der Waals surface area (Å²) in [6.45, 7) is 14.0. The van der Waals surface area contributed by atoms with E-state index >= 15 is 0 Å². The fraction of sp³-hybridized carbons (Fsp3) is 0.537. The molecule has 0 bridgehead atoms. The highest BCUT2D eigenvalue weighted by molar-refractivity contribution is 5.90. The summed E-state index contributed by atoms with van der Waals surface area (Å²) in [4.78, 5) is 62.3. The van der Waals surface area contributed by atoms with Crippen LogP contribution >= 0.6 is 0 Å². The van der Waals surface area contributed by atoms with Crippen LogP contribution in [0.5, 0.6) is 5.75 Å². The van der Waals surface area contributed by atoms with E-state index in [4.69, 9.17) is 4.74 Å². The lowest BCUT2D eigenvalue weighted by atomic mass is 9.93. The van der Waals surface area contributed by atoms with Gasteiger partial charge in [0.2, 0.25) is 11.8 Å². The largest absolute Gasteiger partial charge is 0.573 e. The number of ether oxygens (including phenoxy) is 2. The third kappa shape index (κ3) is 11.4. The Morgan fingerprint density at radius 2 is 1.66 bits per heavy atom. The molecule has 5 rings (SSSR count). The fourth-order valence-electron chi connectivity index (χ4n) is 7.35. The molecule has 2 aliphatic heterocycles. The molecular weight excluding hydrogens is 757 g/mol. The Labute approximate surface area is 337 Å². The number of amides is 5. The maximum absolute atomic E-state index is 13.6. The van der Waals surface area contributed by atoms with Gasteiger partial charge in [0.15, 0.2) is 0 Å². The minimum atomic E-state index is -4.98. The predicted octanol–water partition coefficient (Wildman–Crippen LogP) is 6.68. The van der Waals surface area contributed by atoms with Crippen molar-refractivity contribution < 1.29 is 41.8 Å². The maximum atomic E-state index is 13.6. The minimum absolute atomic E-state index is 0.112. The number of aromatic amines is 1. The van der Waals surface area contributed by atoms with Crippen molar-refractivity contribution in [1.82, 2.24) is 35.7 Å². The summed E-state index contributed by atoms with van der Waals surface area (Å²) in [6, 6.07) is 9.36. The smallest absolute Gasteiger partial charge is 0.453 e. The number of alkyl halides is 3. The van der Waals surface area contributed by atoms with E-state index in [1.165, 1.54) is 19.2 Å². The molecule has 3 heterocycles. The van der Waals surface area contributed by atoms with Gasteiger partial charge < -0.3 is 45.5 Å². The average Bonchev–Trinajstić information content (AvgIpc) is 3.81. The molecule has 3 aromatic rings. The molecule has 2 aromatic carbocycles. The number of urea groups is 1. The molecule has 2 saturated heterocycles. The zero-order valence-corrected chi connectivity index (χ0v) is 34.1. The summed E-state index contributed by atoms with van der Waals surface area (Å²) < 4.78 is 49.8. The Kier molecular flexibility index (Phi) is 14.0. The van der Waals surface area contributed by atoms with Crippen molar-refractivity contribution in [3.05, 3.63) is 54.5 Å². The number of carbonyl (C=O) groups is 4. The van der Waals surface area contributed by atoms with Gasteiger partial charge in [0.1, 0.15) is 17.6 Å². The number of H-pyrrole nitrogens is 1. The lowest BCUT2D eigenvalue weighted by Gasteiger charge is -2.36. The maximum Gasteiger partial charge on any atom is 0.573 e. The van der Waals surface area contributed by atoms with Crippen molar-refractivity contribution >= 4 is 29.6 Å². The molecule has 0 saturated carbocycles. The predicted molar refractivity (Wildman–Crippen MR) is 213 cm³/mol. The first kappa shape index (κ1) is 43.8. The summed E-state index contributed by atoms with van der Waals surface area (Å²) in [5.74, 6) is -0.00986. The number of hydrogen-bond acceptors (Lipinski definition) is 8. The van der Waals surface area contributed by atoms with Crippen LogP contribution < -0.4 is 26.0 Å². The second-order valence-electron chi connectivity index (χ2n) is 16.4. The highest BCUT2D eigenvalue weighted by Gasteiger charge is 2.40. The molecule has 3 atom stereocenters. The van der Waals surface area contributed by atoms with Gasteiger partial charge in [-0.2, -0.15) is 0 Å². The fourth-order valence-corrected chi connectivity index (χ4v) is 7.35. The van der Waals surface area contributed by atoms with Crippen LogP contribution in [0.25, 0.3) is 22.4 Å². The van der Waals surface area contributed by atoms with E-state index in [9.17, 15) is 32.3 Å². The third-order valence-electron chi connectivity index (χ3n) is 10.3. The van der Waals surface area contributed by atoms with Crippen molar-refractivity contribution in [2.45, 2.75) is 85.3 Å². The number of benzene rings is 2. The molecule has 2 aliphatic rings. The van der Waals surface area contributed by atoms with Crippen LogP contribution in [0, 0.1) is 17.3 Å². The summed E-state index contributed by atoms with van der Waals surface area (Å²) >= 11 is 0. The number of anilines is 1. The highest BCUT2D eigenvalue weighted by atomic mass is 19.4. The third-order valence-corrected chi connectivity index (χ3v) is 10.3. The van der Waals surface area contributed by atoms with Gasteiger partial charge in [-0.3, -0.25) is 9.59 Å². The SMILES string of the molecule is COC(=O)NC(C(=O)N1C[C@@H](C)C[C@H]1c1ncc(-c2ccc(-c3ccc(NC(=O)NCCNC4CCN(C(=O)C(C)(C)C)CC4)cc3OC(F)(F)F)cc2)[nH]1)C(C)C. The average molecular weight is 813 g/mol. The number of imidazole rings is 1. The molecule has 0 radical (unpaired) electrons. The van der Waals surface area contributed by atoms with Gasteiger partial charge in [0, 0.05) is 61.5 Å². The lowest BCUT2D eigenvalue weighted by Crippen LogP contribution is -2.51. The van der Waals surface area contributed by atoms with Crippen LogP contribution in [-0.4, -0.2) is 102 Å². The molecule has 1 aromatic heterocycles. The first-order valence-electron chi connectivity index (χ1n) is 19.6. The van der Waals surface area contributed by atoms with Gasteiger partial charge in [0.25, 0.3) is 0 Å². The van der Waals surface area contributed by atoms with Gasteiger partial charge in [0.05, 0.1) is 25.0 Å². The number of halogens is 3. The van der Waals surface area contributed by atoms with E-state index in [1.54, 1.807) is 35.4 Å². The molecule has 2 fully saturated rings. The van der Waals surface area contributed by atoms with E-state index in [2.05, 4.69) is 36.0 Å². The summed E-state index contributed by atoms with van der Waals surface area (Å²) in [6.07, 6.45) is -1.77. The molecule has 1 unspecified atom stereocenters. The van der Waals surface area contributed by atoms with Crippen molar-refractivity contribution in [1.29, 1.82) is 0 Å². The standard InChI is InChI=1S/C41H55F3N8O6/c1-24(2)34(50-39(56)57-7)36(53)52-23-25(3)20-32(52)35-47-22-31(49-35)27-10-8-26(9-11-27)30-13-12-29(21-33(30)58-41(42,43)44)48-38(55)46-17-16-45-28-14-18-51(19-15-28)37(54)40(4,5)6/h8-13,21-22,24-25,28,32,34,45H,14-20,23H2,1-7H3,(H,47,49)(H,50,56)(H2,46,48,55)/t25-,32-,34?/m0/s1. The number of piperidine rings is 1. The van der Waals surface area contributed by atoms with Crippen LogP contribution in [-0.2, 0) is 14.3 Å². The summed E-state index contributed by atoms with van der Waals surface area (Å²) in [5, 5.41) is 11.3. The first-order valence-corrected chi connectivity index (χ1v) is 19.6. The molecule has 0 spiro atoms. The van der Waals surface area contributed by atoms with Crippen LogP contribution in [0.3, 0.4) is 0 Å². The Morgan fingerprint density at radius 1 is 0.983 bits per heavy atom. The number of likely N-dealkylation sites (tertiary alicyclic amines) is 2. The van der Waals surface area contributed by atoms with Crippen molar-refractivity contribution in [2.24, 2.45) is 17.3 Å². The summed E-state index contributed by atoms with van der Waals surface area (Å²) in [7, 11) is 1.24. The normalized spacial score (nSPS) is 18.2. The Bertz CT molecular complexity index is 1900. The van der Waals surface area contributed by atoms with Crippen molar-refractivity contribution in [3.8, 4) is 28.1 Å². The molecule has 14 nitrogen and oxygen atoms in total. The van der Waals surface area contributed by atoms with Crippen molar-refractivity contribution in [2.75, 3.05) is 45.2 Å². The Morgan fingerprint density at radius 3 is 2.28 bits per heavy atom. The molecule has 5 N–H and O–H groups in total. The number of nitrogens with one attached hydrogen (secondary N) is 5. The van der Waals surface area contributed by atoms with Crippen LogP contribution in [0.4, 0.5) is 28.4 Å². The number of aromatic nitrogens is 2. The molecular formula is C41H55F3N8O6. The van der Waals surface area contributed by atoms with Crippen LogP contribution in [0.1, 0.15) is 72.7 Å². The van der Waals surface area contributed by atoms with Gasteiger partial charge in [-0.1, -0.05) is 65.8 Å². The van der Waals surface area contributed by atoms with Crippen molar-refractivity contribution in [3.63, 3.8) is 0 Å². The van der Waals surface area contributed by atoms with Gasteiger partial charge in [-0.05, 0) is 54.4 Å². The van der Waals surface area contributed by atoms with E-state index in [0.717, 1.165) is 18.9 Å². The molecule has 5 amide bonds. The quantitative estimate of drug-likeness (QED) is 0.126. The molecule has 316 valence electrons. The van der Waals surface area contributed by atoms with E-state index in [1.807, 2.05) is 46.4 Å². The summed E-state index contributed by atoms with van der Waals surface area (Å²) in [5.41, 5.74) is 1.65. The van der Waals surface area contributed by atoms with E-state index in [0.29, 0.717) is 55.2 Å². The number of hydrogen-bond donors (Lipinski definition) is 5. The lowest BCUT2D eigenvalue weighted by molar-refractivity contribution is -0.274. The van der Waals surface area contributed by atoms with Crippen LogP contribution in [0.15, 0.2) is 48.7 Å². The number of methoxy groups -OCH3 is 1. The highest BCUT2D eigenvalue weighted by Crippen LogP contribution is 2.38. The van der Waals surface area contributed by atoms with Gasteiger partial charge in [-0.15, -0.1) is 13.2 Å². The van der Waals surface area contributed by atoms with E-state index in [-0.39, 0.29) is 53.5 Å². The minimum Gasteiger partial charge on any atom is -0.453 e. The number of carbonyl (C=O) groups excluding carboxylic acids is 4. The zero-order valence-electron chi connectivity index (χ0n) is 34.1. The number of rotatable bonds is 12. The van der Waals surface area contributed by atoms with E-state index < -0.39 is 35.7 Å². The van der Waals surface area contributed by atoms with Gasteiger partial charge >= 0.3 is 18.5 Å². The molecule has 0 aliphatic carbocycles. The molecule has 17 heteroatoms. The monoisotopic (exact) mass is 812 g/mol. The second-order valence-corrected chi connectivity index (χ2v) is 16.4. The molecule has 58 heavy (non-hydrogen) atoms. The Hall–Kier alpha value is -5.32. The Balaban J connectivity index is 1.20. The number of alkyl carbamates (subject to hydrolysis) is 1.